The molecule has 0 bridgehead atoms. The van der Waals surface area contributed by atoms with Gasteiger partial charge in [-0.2, -0.15) is 7.05 Å². The molecule has 1 heterocycles. The molecule has 72 valence electrons. The monoisotopic (exact) mass is 405 g/mol. The molecule has 0 radical (unpaired) electrons. The third kappa shape index (κ3) is 10.1. The number of hydrogen-bond acceptors (Lipinski definition) is 1. The fourth-order valence-electron chi connectivity index (χ4n) is 0.495. The Morgan fingerprint density at radius 1 is 1.38 bits per heavy atom. The van der Waals surface area contributed by atoms with Gasteiger partial charge in [-0.3, -0.25) is 0 Å². The van der Waals surface area contributed by atoms with E-state index in [1.165, 1.54) is 0 Å². The minimum absolute atomic E-state index is 0. The third-order valence-electron chi connectivity index (χ3n) is 1.28. The molecule has 0 unspecified atom stereocenters. The van der Waals surface area contributed by atoms with Crippen molar-refractivity contribution < 1.29 is 31.1 Å². The number of aryl methyl sites for hydroxylation is 2. The van der Waals surface area contributed by atoms with Crippen molar-refractivity contribution in [3.8, 4) is 0 Å². The molecule has 0 fully saturated rings. The van der Waals surface area contributed by atoms with Crippen molar-refractivity contribution in [3.63, 3.8) is 0 Å². The summed E-state index contributed by atoms with van der Waals surface area (Å²) in [7, 11) is 1.82. The van der Waals surface area contributed by atoms with Gasteiger partial charge in [0, 0.05) is 0 Å². The van der Waals surface area contributed by atoms with Crippen LogP contribution >= 0.6 is 0 Å². The van der Waals surface area contributed by atoms with Gasteiger partial charge in [0.05, 0.1) is 0 Å². The molecule has 0 amide bonds. The van der Waals surface area contributed by atoms with Crippen LogP contribution in [0.15, 0.2) is 0 Å². The van der Waals surface area contributed by atoms with Crippen LogP contribution in [0.25, 0.3) is 5.32 Å². The predicted molar refractivity (Wildman–Crippen MR) is 51.3 cm³/mol. The van der Waals surface area contributed by atoms with Gasteiger partial charge in [-0.05, 0) is 6.92 Å². The first-order chi connectivity index (χ1) is 5.56. The quantitative estimate of drug-likeness (QED) is 0.716. The van der Waals surface area contributed by atoms with Gasteiger partial charge in [0.2, 0.25) is 0 Å². The fourth-order valence-corrected chi connectivity index (χ4v) is 0.495. The van der Waals surface area contributed by atoms with E-state index in [9.17, 15) is 0 Å². The van der Waals surface area contributed by atoms with Crippen LogP contribution in [0.5, 0.6) is 0 Å². The zero-order valence-corrected chi connectivity index (χ0v) is 13.1. The van der Waals surface area contributed by atoms with E-state index in [4.69, 9.17) is 0 Å². The molecule has 0 aliphatic rings. The summed E-state index contributed by atoms with van der Waals surface area (Å²) in [5.74, 6) is 0.928. The van der Waals surface area contributed by atoms with Gasteiger partial charge < -0.3 is 15.3 Å². The molecule has 0 atom stereocenters. The van der Waals surface area contributed by atoms with Crippen LogP contribution in [0.4, 0.5) is 0 Å². The molecule has 1 aromatic heterocycles. The Morgan fingerprint density at radius 2 is 1.85 bits per heavy atom. The van der Waals surface area contributed by atoms with Gasteiger partial charge in [-0.15, -0.1) is 12.2 Å². The zero-order chi connectivity index (χ0) is 9.56. The summed E-state index contributed by atoms with van der Waals surface area (Å²) in [6, 6.07) is 0.509. The maximum Gasteiger partial charge on any atom is 2.00 e. The van der Waals surface area contributed by atoms with Gasteiger partial charge >= 0.3 is 31.1 Å². The van der Waals surface area contributed by atoms with Crippen LogP contribution in [0, 0.1) is 51.2 Å². The third-order valence-corrected chi connectivity index (χ3v) is 1.28. The first-order valence-corrected chi connectivity index (χ1v) is 4.06. The average molecular weight is 405 g/mol. The molecular formula is C9H17N3U. The van der Waals surface area contributed by atoms with Crippen LogP contribution in [-0.2, 0) is 0 Å². The Morgan fingerprint density at radius 3 is 1.92 bits per heavy atom. The maximum absolute atomic E-state index is 3.89. The summed E-state index contributed by atoms with van der Waals surface area (Å²) < 4.78 is 0. The van der Waals surface area contributed by atoms with Crippen LogP contribution in [0.1, 0.15) is 25.4 Å². The van der Waals surface area contributed by atoms with E-state index >= 15 is 0 Å². The Balaban J connectivity index is 0. The number of rotatable bonds is 1. The number of H-pyrrole nitrogens is 1. The van der Waals surface area contributed by atoms with Crippen LogP contribution in [-0.4, -0.2) is 23.1 Å². The molecule has 0 saturated heterocycles. The Hall–Kier alpha value is 0.222. The Bertz CT molecular complexity index is 192. The fraction of sp³-hybridized carbons (Fsp3) is 0.667. The molecule has 0 saturated carbocycles. The standard InChI is InChI=1S/C5H7N2.C4H10N.U/c1-4-3-6-5(2)7-4;1-4(2)5-3;/h1-2H3,(H,6,7);4H,1-3H3;/q2*-1;+2. The second-order valence-corrected chi connectivity index (χ2v) is 2.91. The van der Waals surface area contributed by atoms with E-state index < -0.39 is 0 Å². The van der Waals surface area contributed by atoms with E-state index in [0.717, 1.165) is 11.5 Å². The van der Waals surface area contributed by atoms with Gasteiger partial charge in [0.15, 0.2) is 0 Å². The molecule has 0 aliphatic carbocycles. The summed E-state index contributed by atoms with van der Waals surface area (Å²) in [6.45, 7) is 7.95. The van der Waals surface area contributed by atoms with Crippen LogP contribution in [0.3, 0.4) is 0 Å². The molecule has 0 spiro atoms. The molecule has 1 N–H and O–H groups in total. The van der Waals surface area contributed by atoms with Crippen molar-refractivity contribution in [2.24, 2.45) is 0 Å². The minimum Gasteiger partial charge on any atom is -0.663 e. The Labute approximate surface area is 104 Å². The largest absolute Gasteiger partial charge is 2.00 e. The molecular weight excluding hydrogens is 388 g/mol. The first-order valence-electron chi connectivity index (χ1n) is 4.06. The van der Waals surface area contributed by atoms with Crippen molar-refractivity contribution in [1.29, 1.82) is 0 Å². The van der Waals surface area contributed by atoms with E-state index in [1.807, 2.05) is 20.9 Å². The van der Waals surface area contributed by atoms with E-state index in [1.54, 1.807) is 0 Å². The molecule has 1 rings (SSSR count). The molecule has 0 aromatic carbocycles. The second kappa shape index (κ2) is 8.80. The number of aromatic nitrogens is 2. The number of hydrogen-bond donors (Lipinski definition) is 1. The topological polar surface area (TPSA) is 42.8 Å². The van der Waals surface area contributed by atoms with Crippen LogP contribution in [0.2, 0.25) is 0 Å². The minimum atomic E-state index is 0. The van der Waals surface area contributed by atoms with E-state index in [-0.39, 0.29) is 31.1 Å². The summed E-state index contributed by atoms with van der Waals surface area (Å²) in [6.07, 6.45) is 2.76. The Kier molecular flexibility index (Phi) is 10.6. The normalized spacial score (nSPS) is 8.77. The average Bonchev–Trinajstić information content (AvgIpc) is 2.36. The van der Waals surface area contributed by atoms with E-state index in [0.29, 0.717) is 6.04 Å². The maximum atomic E-state index is 3.89. The van der Waals surface area contributed by atoms with Gasteiger partial charge in [0.1, 0.15) is 0 Å². The SMILES string of the molecule is C[N-]C(C)C.Cc1[c-]nc(C)[nH]1.[U+2]. The van der Waals surface area contributed by atoms with Crippen LogP contribution < -0.4 is 0 Å². The van der Waals surface area contributed by atoms with Gasteiger partial charge in [-0.25, -0.2) is 0 Å². The van der Waals surface area contributed by atoms with E-state index in [2.05, 4.69) is 35.3 Å². The van der Waals surface area contributed by atoms with Gasteiger partial charge in [0.25, 0.3) is 0 Å². The smallest absolute Gasteiger partial charge is 0.663 e. The van der Waals surface area contributed by atoms with Crippen molar-refractivity contribution in [2.45, 2.75) is 33.7 Å². The molecule has 0 aliphatic heterocycles. The van der Waals surface area contributed by atoms with Crippen molar-refractivity contribution in [2.75, 3.05) is 7.05 Å². The number of nitrogens with one attached hydrogen (secondary N) is 1. The number of aromatic amines is 1. The summed E-state index contributed by atoms with van der Waals surface area (Å²) in [5.41, 5.74) is 0.998. The molecule has 1 aromatic rings. The predicted octanol–water partition coefficient (Wildman–Crippen LogP) is 2.23. The molecule has 3 nitrogen and oxygen atoms in total. The summed E-state index contributed by atoms with van der Waals surface area (Å²) in [4.78, 5) is 6.81. The van der Waals surface area contributed by atoms with Gasteiger partial charge in [-0.1, -0.05) is 32.3 Å². The summed E-state index contributed by atoms with van der Waals surface area (Å²) >= 11 is 0. The van der Waals surface area contributed by atoms with Crippen molar-refractivity contribution in [1.82, 2.24) is 9.97 Å². The molecule has 13 heavy (non-hydrogen) atoms. The van der Waals surface area contributed by atoms with Crippen molar-refractivity contribution >= 4 is 0 Å². The second-order valence-electron chi connectivity index (χ2n) is 2.91. The summed E-state index contributed by atoms with van der Waals surface area (Å²) in [5, 5.41) is 3.89. The zero-order valence-electron chi connectivity index (χ0n) is 8.97. The molecule has 4 heteroatoms. The number of nitrogens with zero attached hydrogens (tertiary/aromatic N) is 2. The number of imidazole rings is 1. The first kappa shape index (κ1) is 15.7. The van der Waals surface area contributed by atoms with Crippen molar-refractivity contribution in [3.05, 3.63) is 23.0 Å².